The zero-order valence-corrected chi connectivity index (χ0v) is 40.8. The van der Waals surface area contributed by atoms with Gasteiger partial charge in [-0.15, -0.1) is 0 Å². The molecule has 0 fully saturated rings. The topological polar surface area (TPSA) is 19.6 Å². The van der Waals surface area contributed by atoms with Crippen molar-refractivity contribution in [2.24, 2.45) is 0 Å². The number of nitrogens with zero attached hydrogens (tertiary/aromatic N) is 2. The summed E-state index contributed by atoms with van der Waals surface area (Å²) in [5.74, 6) is 0.149. The lowest BCUT2D eigenvalue weighted by Gasteiger charge is -2.44. The fourth-order valence-electron chi connectivity index (χ4n) is 13.1. The number of rotatable bonds is 8. The van der Waals surface area contributed by atoms with E-state index in [0.29, 0.717) is 0 Å². The lowest BCUT2D eigenvalue weighted by Crippen LogP contribution is -2.36. The SMILES string of the molecule is C1=Cc2cc(N(c3ccc4ccccc4c3)c3ccc4c(c3)oc3cccc(N(c5ccccc5)c5ccc6c(c5)C5(c7ccccc7-c7ccccc75)c5ccccc5C6Cc5ccccc5)c34)ccc2CC1. The summed E-state index contributed by atoms with van der Waals surface area (Å²) in [6.07, 6.45) is 7.61. The molecular weight excluding hydrogens is 897 g/mol. The monoisotopic (exact) mass is 946 g/mol. The summed E-state index contributed by atoms with van der Waals surface area (Å²) >= 11 is 0. The van der Waals surface area contributed by atoms with Crippen LogP contribution in [-0.2, 0) is 18.3 Å². The highest BCUT2D eigenvalue weighted by Crippen LogP contribution is 2.62. The van der Waals surface area contributed by atoms with Crippen LogP contribution in [0.15, 0.2) is 259 Å². The predicted octanol–water partition coefficient (Wildman–Crippen LogP) is 18.7. The second kappa shape index (κ2) is 17.0. The Labute approximate surface area is 431 Å². The van der Waals surface area contributed by atoms with Crippen molar-refractivity contribution in [3.8, 4) is 11.1 Å². The van der Waals surface area contributed by atoms with Gasteiger partial charge in [0.2, 0.25) is 0 Å². The van der Waals surface area contributed by atoms with Crippen LogP contribution in [-0.4, -0.2) is 0 Å². The van der Waals surface area contributed by atoms with E-state index < -0.39 is 5.41 Å². The van der Waals surface area contributed by atoms with Crippen molar-refractivity contribution < 1.29 is 4.42 Å². The Kier molecular flexibility index (Phi) is 9.75. The second-order valence-electron chi connectivity index (χ2n) is 20.2. The minimum Gasteiger partial charge on any atom is -0.456 e. The molecule has 0 saturated carbocycles. The molecule has 0 bridgehead atoms. The molecule has 1 heterocycles. The predicted molar refractivity (Wildman–Crippen MR) is 307 cm³/mol. The Balaban J connectivity index is 0.938. The normalized spacial score (nSPS) is 14.6. The number of anilines is 6. The van der Waals surface area contributed by atoms with Crippen LogP contribution in [0.1, 0.15) is 62.4 Å². The average Bonchev–Trinajstić information content (AvgIpc) is 4.02. The molecule has 11 aromatic carbocycles. The van der Waals surface area contributed by atoms with Crippen molar-refractivity contribution in [1.29, 1.82) is 0 Å². The quantitative estimate of drug-likeness (QED) is 0.151. The van der Waals surface area contributed by atoms with Crippen molar-refractivity contribution in [2.75, 3.05) is 9.80 Å². The van der Waals surface area contributed by atoms with Crippen molar-refractivity contribution in [3.63, 3.8) is 0 Å². The Morgan fingerprint density at radius 1 is 0.432 bits per heavy atom. The molecule has 0 aliphatic heterocycles. The van der Waals surface area contributed by atoms with Crippen molar-refractivity contribution in [3.05, 3.63) is 305 Å². The smallest absolute Gasteiger partial charge is 0.137 e. The van der Waals surface area contributed by atoms with Gasteiger partial charge in [-0.3, -0.25) is 0 Å². The van der Waals surface area contributed by atoms with Gasteiger partial charge in [0.05, 0.1) is 16.5 Å². The summed E-state index contributed by atoms with van der Waals surface area (Å²) < 4.78 is 7.03. The van der Waals surface area contributed by atoms with E-state index >= 15 is 0 Å². The van der Waals surface area contributed by atoms with E-state index in [1.807, 2.05) is 0 Å². The third-order valence-corrected chi connectivity index (χ3v) is 16.3. The molecule has 3 nitrogen and oxygen atoms in total. The van der Waals surface area contributed by atoms with Gasteiger partial charge in [-0.25, -0.2) is 0 Å². The van der Waals surface area contributed by atoms with Gasteiger partial charge in [0, 0.05) is 45.8 Å². The Morgan fingerprint density at radius 2 is 1.07 bits per heavy atom. The fourth-order valence-corrected chi connectivity index (χ4v) is 13.1. The molecular formula is C71H50N2O. The molecule has 3 aliphatic rings. The highest BCUT2D eigenvalue weighted by Gasteiger charge is 2.51. The molecule has 0 N–H and O–H groups in total. The molecule has 15 rings (SSSR count). The molecule has 0 radical (unpaired) electrons. The van der Waals surface area contributed by atoms with Gasteiger partial charge in [-0.05, 0) is 164 Å². The first-order valence-electron chi connectivity index (χ1n) is 26.0. The van der Waals surface area contributed by atoms with Crippen LogP contribution in [0, 0.1) is 0 Å². The number of benzene rings is 11. The van der Waals surface area contributed by atoms with E-state index in [1.165, 1.54) is 72.0 Å². The average molecular weight is 947 g/mol. The van der Waals surface area contributed by atoms with Crippen LogP contribution in [0.25, 0.3) is 49.9 Å². The molecule has 0 saturated heterocycles. The van der Waals surface area contributed by atoms with Crippen LogP contribution in [0.5, 0.6) is 0 Å². The number of hydrogen-bond acceptors (Lipinski definition) is 3. The van der Waals surface area contributed by atoms with Crippen molar-refractivity contribution in [2.45, 2.75) is 30.6 Å². The summed E-state index contributed by atoms with van der Waals surface area (Å²) in [6.45, 7) is 0. The summed E-state index contributed by atoms with van der Waals surface area (Å²) in [5, 5.41) is 4.56. The number of para-hydroxylation sites is 1. The highest BCUT2D eigenvalue weighted by atomic mass is 16.3. The van der Waals surface area contributed by atoms with E-state index in [0.717, 1.165) is 75.3 Å². The zero-order valence-electron chi connectivity index (χ0n) is 40.8. The van der Waals surface area contributed by atoms with E-state index in [2.05, 4.69) is 271 Å². The molecule has 12 aromatic rings. The lowest BCUT2D eigenvalue weighted by molar-refractivity contribution is 0.658. The van der Waals surface area contributed by atoms with Gasteiger partial charge in [-0.2, -0.15) is 0 Å². The Hall–Kier alpha value is -9.18. The maximum absolute atomic E-state index is 7.03. The first kappa shape index (κ1) is 42.5. The van der Waals surface area contributed by atoms with E-state index in [-0.39, 0.29) is 5.92 Å². The van der Waals surface area contributed by atoms with Crippen LogP contribution >= 0.6 is 0 Å². The zero-order chi connectivity index (χ0) is 48.7. The standard InChI is InChI=1S/C71H50N2O/c1-3-18-47(19-4-1)42-62-59-28-13-16-31-65(59)71(63-29-14-11-26-57(63)58-27-12-15-30-64(58)71)66-45-55(38-40-60(62)66)73(52-24-5-2-6-25-52)67-32-17-33-68-70(67)61-41-39-56(46-69(61)74-68)72(53-36-34-48-20-7-9-22-50(48)43-53)54-37-35-49-21-8-10-23-51(49)44-54/h1-7,9-20,22-41,43-46,62H,8,21,42H2. The summed E-state index contributed by atoms with van der Waals surface area (Å²) in [7, 11) is 0. The molecule has 1 spiro atoms. The van der Waals surface area contributed by atoms with Gasteiger partial charge in [0.1, 0.15) is 11.2 Å². The number of hydrogen-bond donors (Lipinski definition) is 0. The molecule has 350 valence electrons. The molecule has 3 heteroatoms. The number of aryl methyl sites for hydroxylation is 1. The van der Waals surface area contributed by atoms with Gasteiger partial charge < -0.3 is 14.2 Å². The summed E-state index contributed by atoms with van der Waals surface area (Å²) in [5.41, 5.74) is 22.3. The number of fused-ring (bicyclic) bond motifs is 14. The van der Waals surface area contributed by atoms with Crippen molar-refractivity contribution in [1.82, 2.24) is 0 Å². The fraction of sp³-hybridized carbons (Fsp3) is 0.0704. The summed E-state index contributed by atoms with van der Waals surface area (Å²) in [6, 6.07) is 92.4. The third kappa shape index (κ3) is 6.52. The largest absolute Gasteiger partial charge is 0.456 e. The molecule has 0 amide bonds. The highest BCUT2D eigenvalue weighted by molar-refractivity contribution is 6.14. The lowest BCUT2D eigenvalue weighted by atomic mass is 9.58. The molecule has 74 heavy (non-hydrogen) atoms. The number of furan rings is 1. The van der Waals surface area contributed by atoms with Crippen LogP contribution in [0.3, 0.4) is 0 Å². The van der Waals surface area contributed by atoms with E-state index in [9.17, 15) is 0 Å². The number of allylic oxidation sites excluding steroid dienone is 1. The Bertz CT molecular complexity index is 4160. The second-order valence-corrected chi connectivity index (χ2v) is 20.2. The Morgan fingerprint density at radius 3 is 1.89 bits per heavy atom. The van der Waals surface area contributed by atoms with E-state index in [1.54, 1.807) is 0 Å². The first-order valence-corrected chi connectivity index (χ1v) is 26.0. The molecule has 1 unspecified atom stereocenters. The third-order valence-electron chi connectivity index (χ3n) is 16.3. The maximum Gasteiger partial charge on any atom is 0.137 e. The van der Waals surface area contributed by atoms with Crippen LogP contribution < -0.4 is 9.80 Å². The minimum atomic E-state index is -0.541. The van der Waals surface area contributed by atoms with Gasteiger partial charge in [0.15, 0.2) is 0 Å². The van der Waals surface area contributed by atoms with Gasteiger partial charge >= 0.3 is 0 Å². The van der Waals surface area contributed by atoms with Gasteiger partial charge in [0.25, 0.3) is 0 Å². The minimum absolute atomic E-state index is 0.149. The molecule has 1 atom stereocenters. The maximum atomic E-state index is 7.03. The van der Waals surface area contributed by atoms with Crippen LogP contribution in [0.4, 0.5) is 34.1 Å². The van der Waals surface area contributed by atoms with Crippen molar-refractivity contribution >= 4 is 72.9 Å². The molecule has 1 aromatic heterocycles. The van der Waals surface area contributed by atoms with E-state index in [4.69, 9.17) is 4.42 Å². The first-order chi connectivity index (χ1) is 36.7. The molecule has 3 aliphatic carbocycles. The van der Waals surface area contributed by atoms with Crippen LogP contribution in [0.2, 0.25) is 0 Å². The van der Waals surface area contributed by atoms with Gasteiger partial charge in [-0.1, -0.05) is 182 Å². The summed E-state index contributed by atoms with van der Waals surface area (Å²) in [4.78, 5) is 4.84.